The van der Waals surface area contributed by atoms with Crippen LogP contribution in [0.25, 0.3) is 0 Å². The number of carbonyl (C=O) groups excluding carboxylic acids is 3. The molecule has 0 aromatic heterocycles. The highest BCUT2D eigenvalue weighted by Crippen LogP contribution is 2.24. The van der Waals surface area contributed by atoms with Crippen LogP contribution in [0.3, 0.4) is 0 Å². The number of amides is 2. The zero-order valence-corrected chi connectivity index (χ0v) is 19.8. The number of nitrogens with one attached hydrogen (secondary N) is 2. The lowest BCUT2D eigenvalue weighted by Gasteiger charge is -2.26. The zero-order valence-electron chi connectivity index (χ0n) is 19.0. The summed E-state index contributed by atoms with van der Waals surface area (Å²) in [5.74, 6) is -1.60. The largest absolute Gasteiger partial charge is 0.497 e. The summed E-state index contributed by atoms with van der Waals surface area (Å²) < 4.78 is 37.4. The highest BCUT2D eigenvalue weighted by atomic mass is 32.2. The topological polar surface area (TPSA) is 131 Å². The molecule has 10 nitrogen and oxygen atoms in total. The molecule has 0 saturated carbocycles. The minimum Gasteiger partial charge on any atom is -0.497 e. The Balaban J connectivity index is 1.56. The molecule has 0 atom stereocenters. The van der Waals surface area contributed by atoms with Crippen molar-refractivity contribution in [2.45, 2.75) is 31.1 Å². The molecule has 2 amide bonds. The van der Waals surface area contributed by atoms with Gasteiger partial charge in [0.15, 0.2) is 6.61 Å². The minimum absolute atomic E-state index is 0.0104. The van der Waals surface area contributed by atoms with E-state index in [2.05, 4.69) is 10.9 Å². The summed E-state index contributed by atoms with van der Waals surface area (Å²) in [7, 11) is -2.24. The van der Waals surface area contributed by atoms with Crippen LogP contribution >= 0.6 is 0 Å². The number of piperidine rings is 1. The second kappa shape index (κ2) is 11.1. The summed E-state index contributed by atoms with van der Waals surface area (Å²) in [5, 5.41) is 0. The molecule has 182 valence electrons. The summed E-state index contributed by atoms with van der Waals surface area (Å²) in [6, 6.07) is 10.5. The standard InChI is InChI=1S/C23H27N3O7S/c1-16-6-7-18(14-20(16)34(30,31)26-12-4-3-5-13-26)23(29)33-15-21(27)24-25-22(28)17-8-10-19(32-2)11-9-17/h6-11,14H,3-5,12-13,15H2,1-2H3,(H,24,27)(H,25,28). The molecule has 0 aliphatic carbocycles. The molecule has 1 fully saturated rings. The summed E-state index contributed by atoms with van der Waals surface area (Å²) >= 11 is 0. The summed E-state index contributed by atoms with van der Waals surface area (Å²) in [5.41, 5.74) is 5.19. The number of benzene rings is 2. The van der Waals surface area contributed by atoms with Crippen LogP contribution in [-0.4, -0.2) is 57.3 Å². The van der Waals surface area contributed by atoms with Gasteiger partial charge in [-0.15, -0.1) is 0 Å². The van der Waals surface area contributed by atoms with Crippen molar-refractivity contribution in [3.05, 3.63) is 59.2 Å². The van der Waals surface area contributed by atoms with Crippen molar-refractivity contribution in [1.29, 1.82) is 0 Å². The fourth-order valence-corrected chi connectivity index (χ4v) is 5.21. The molecule has 0 unspecified atom stereocenters. The number of hydrazine groups is 1. The number of hydrogen-bond acceptors (Lipinski definition) is 7. The van der Waals surface area contributed by atoms with E-state index in [4.69, 9.17) is 9.47 Å². The van der Waals surface area contributed by atoms with E-state index in [1.165, 1.54) is 41.7 Å². The Bertz CT molecular complexity index is 1160. The van der Waals surface area contributed by atoms with Crippen LogP contribution in [-0.2, 0) is 19.6 Å². The SMILES string of the molecule is COc1ccc(C(=O)NNC(=O)COC(=O)c2ccc(C)c(S(=O)(=O)N3CCCCC3)c2)cc1. The van der Waals surface area contributed by atoms with E-state index < -0.39 is 34.4 Å². The third kappa shape index (κ3) is 6.12. The van der Waals surface area contributed by atoms with E-state index in [0.717, 1.165) is 19.3 Å². The maximum absolute atomic E-state index is 13.0. The van der Waals surface area contributed by atoms with Crippen LogP contribution in [0.1, 0.15) is 45.5 Å². The van der Waals surface area contributed by atoms with Crippen LogP contribution in [0, 0.1) is 6.92 Å². The fraction of sp³-hybridized carbons (Fsp3) is 0.348. The lowest BCUT2D eigenvalue weighted by atomic mass is 10.1. The lowest BCUT2D eigenvalue weighted by molar-refractivity contribution is -0.125. The van der Waals surface area contributed by atoms with Crippen LogP contribution in [0.2, 0.25) is 0 Å². The molecule has 11 heteroatoms. The average Bonchev–Trinajstić information content (AvgIpc) is 2.86. The van der Waals surface area contributed by atoms with E-state index in [9.17, 15) is 22.8 Å². The molecule has 0 spiro atoms. The summed E-state index contributed by atoms with van der Waals surface area (Å²) in [6.45, 7) is 1.88. The molecule has 3 rings (SSSR count). The van der Waals surface area contributed by atoms with Gasteiger partial charge in [0.05, 0.1) is 17.6 Å². The normalized spacial score (nSPS) is 14.2. The van der Waals surface area contributed by atoms with Crippen molar-refractivity contribution >= 4 is 27.8 Å². The van der Waals surface area contributed by atoms with Crippen molar-refractivity contribution in [2.75, 3.05) is 26.8 Å². The van der Waals surface area contributed by atoms with Gasteiger partial charge < -0.3 is 9.47 Å². The van der Waals surface area contributed by atoms with E-state index >= 15 is 0 Å². The lowest BCUT2D eigenvalue weighted by Crippen LogP contribution is -2.43. The number of rotatable bonds is 7. The summed E-state index contributed by atoms with van der Waals surface area (Å²) in [6.07, 6.45) is 2.58. The van der Waals surface area contributed by atoms with E-state index in [1.54, 1.807) is 19.1 Å². The van der Waals surface area contributed by atoms with Gasteiger partial charge in [-0.25, -0.2) is 13.2 Å². The first-order valence-corrected chi connectivity index (χ1v) is 12.2. The number of nitrogens with zero attached hydrogens (tertiary/aromatic N) is 1. The van der Waals surface area contributed by atoms with Gasteiger partial charge in [0.1, 0.15) is 5.75 Å². The van der Waals surface area contributed by atoms with Crippen LogP contribution in [0.15, 0.2) is 47.4 Å². The molecular weight excluding hydrogens is 462 g/mol. The van der Waals surface area contributed by atoms with E-state index in [0.29, 0.717) is 30.0 Å². The first-order valence-electron chi connectivity index (χ1n) is 10.7. The number of hydrogen-bond donors (Lipinski definition) is 2. The minimum atomic E-state index is -3.74. The van der Waals surface area contributed by atoms with Gasteiger partial charge in [-0.1, -0.05) is 12.5 Å². The number of aryl methyl sites for hydroxylation is 1. The number of sulfonamides is 1. The molecular formula is C23H27N3O7S. The van der Waals surface area contributed by atoms with Gasteiger partial charge in [-0.05, 0) is 61.7 Å². The predicted octanol–water partition coefficient (Wildman–Crippen LogP) is 1.80. The highest BCUT2D eigenvalue weighted by molar-refractivity contribution is 7.89. The van der Waals surface area contributed by atoms with Crippen molar-refractivity contribution in [1.82, 2.24) is 15.2 Å². The number of methoxy groups -OCH3 is 1. The second-order valence-corrected chi connectivity index (χ2v) is 9.66. The van der Waals surface area contributed by atoms with E-state index in [1.807, 2.05) is 0 Å². The van der Waals surface area contributed by atoms with Crippen LogP contribution < -0.4 is 15.6 Å². The monoisotopic (exact) mass is 489 g/mol. The zero-order chi connectivity index (χ0) is 24.7. The Hall–Kier alpha value is -3.44. The Kier molecular flexibility index (Phi) is 8.24. The number of carbonyl (C=O) groups is 3. The average molecular weight is 490 g/mol. The molecule has 1 aliphatic rings. The maximum atomic E-state index is 13.0. The Morgan fingerprint density at radius 1 is 0.941 bits per heavy atom. The second-order valence-electron chi connectivity index (χ2n) is 7.75. The van der Waals surface area contributed by atoms with Gasteiger partial charge in [0, 0.05) is 18.7 Å². The Morgan fingerprint density at radius 2 is 1.59 bits per heavy atom. The molecule has 0 bridgehead atoms. The molecule has 2 N–H and O–H groups in total. The number of ether oxygens (including phenoxy) is 2. The van der Waals surface area contributed by atoms with E-state index in [-0.39, 0.29) is 10.5 Å². The van der Waals surface area contributed by atoms with Gasteiger partial charge >= 0.3 is 5.97 Å². The molecule has 34 heavy (non-hydrogen) atoms. The first kappa shape index (κ1) is 25.2. The molecule has 1 heterocycles. The maximum Gasteiger partial charge on any atom is 0.338 e. The van der Waals surface area contributed by atoms with Crippen molar-refractivity contribution in [2.24, 2.45) is 0 Å². The van der Waals surface area contributed by atoms with Gasteiger partial charge in [0.25, 0.3) is 11.8 Å². The van der Waals surface area contributed by atoms with Gasteiger partial charge in [0.2, 0.25) is 10.0 Å². The molecule has 1 saturated heterocycles. The third-order valence-electron chi connectivity index (χ3n) is 5.36. The molecule has 1 aliphatic heterocycles. The quantitative estimate of drug-likeness (QED) is 0.448. The molecule has 0 radical (unpaired) electrons. The third-order valence-corrected chi connectivity index (χ3v) is 7.40. The number of esters is 1. The Labute approximate surface area is 198 Å². The molecule has 2 aromatic rings. The smallest absolute Gasteiger partial charge is 0.338 e. The van der Waals surface area contributed by atoms with Gasteiger partial charge in [-0.2, -0.15) is 4.31 Å². The highest BCUT2D eigenvalue weighted by Gasteiger charge is 2.28. The Morgan fingerprint density at radius 3 is 2.24 bits per heavy atom. The van der Waals surface area contributed by atoms with Crippen LogP contribution in [0.4, 0.5) is 0 Å². The first-order chi connectivity index (χ1) is 16.2. The predicted molar refractivity (Wildman–Crippen MR) is 123 cm³/mol. The fourth-order valence-electron chi connectivity index (χ4n) is 3.44. The van der Waals surface area contributed by atoms with Crippen LogP contribution in [0.5, 0.6) is 5.75 Å². The van der Waals surface area contributed by atoms with Crippen molar-refractivity contribution in [3.63, 3.8) is 0 Å². The van der Waals surface area contributed by atoms with Crippen molar-refractivity contribution < 1.29 is 32.3 Å². The summed E-state index contributed by atoms with van der Waals surface area (Å²) in [4.78, 5) is 36.5. The van der Waals surface area contributed by atoms with Gasteiger partial charge in [-0.3, -0.25) is 20.4 Å². The van der Waals surface area contributed by atoms with Crippen molar-refractivity contribution in [3.8, 4) is 5.75 Å². The molecule has 2 aromatic carbocycles.